The molecule has 0 saturated carbocycles. The summed E-state index contributed by atoms with van der Waals surface area (Å²) >= 11 is 0. The molecule has 0 aliphatic carbocycles. The summed E-state index contributed by atoms with van der Waals surface area (Å²) in [7, 11) is 0. The van der Waals surface area contributed by atoms with Crippen LogP contribution in [0.4, 0.5) is 4.79 Å². The minimum Gasteiger partial charge on any atom is -0.444 e. The fraction of sp³-hybridized carbons (Fsp3) is 0.750. The van der Waals surface area contributed by atoms with Crippen molar-refractivity contribution in [1.82, 2.24) is 10.2 Å². The van der Waals surface area contributed by atoms with Crippen LogP contribution < -0.4 is 5.32 Å². The first kappa shape index (κ1) is 13.8. The first-order valence-corrected chi connectivity index (χ1v) is 5.89. The van der Waals surface area contributed by atoms with Crippen LogP contribution in [0.15, 0.2) is 0 Å². The Balaban J connectivity index is 2.31. The topological polar surface area (TPSA) is 58.6 Å². The fourth-order valence-corrected chi connectivity index (χ4v) is 1.73. The standard InChI is InChI=1S/C12H21N2O3/c1-9-6-5-7-14(9)10(15)8-13-11(16)17-12(2,3)4/h9H,1,5-8H2,2-4H3,(H,13,16)/t9-/m0/s1. The van der Waals surface area contributed by atoms with E-state index >= 15 is 0 Å². The number of carbonyl (C=O) groups excluding carboxylic acids is 2. The summed E-state index contributed by atoms with van der Waals surface area (Å²) in [6, 6.07) is 0.0305. The quantitative estimate of drug-likeness (QED) is 0.793. The highest BCUT2D eigenvalue weighted by atomic mass is 16.6. The van der Waals surface area contributed by atoms with Gasteiger partial charge in [-0.1, -0.05) is 0 Å². The summed E-state index contributed by atoms with van der Waals surface area (Å²) in [4.78, 5) is 24.8. The molecule has 0 bridgehead atoms. The van der Waals surface area contributed by atoms with Crippen LogP contribution in [-0.2, 0) is 9.53 Å². The lowest BCUT2D eigenvalue weighted by molar-refractivity contribution is -0.130. The molecule has 1 heterocycles. The summed E-state index contributed by atoms with van der Waals surface area (Å²) in [5.41, 5.74) is -0.546. The molecule has 1 radical (unpaired) electrons. The Morgan fingerprint density at radius 2 is 2.12 bits per heavy atom. The van der Waals surface area contributed by atoms with Gasteiger partial charge in [0, 0.05) is 12.6 Å². The van der Waals surface area contributed by atoms with E-state index in [2.05, 4.69) is 12.2 Å². The van der Waals surface area contributed by atoms with Gasteiger partial charge in [0.05, 0.1) is 0 Å². The van der Waals surface area contributed by atoms with Gasteiger partial charge in [-0.2, -0.15) is 0 Å². The molecule has 5 nitrogen and oxygen atoms in total. The predicted molar refractivity (Wildman–Crippen MR) is 64.3 cm³/mol. The highest BCUT2D eigenvalue weighted by Crippen LogP contribution is 2.15. The molecule has 1 atom stereocenters. The molecular formula is C12H21N2O3. The Kier molecular flexibility index (Phi) is 4.37. The van der Waals surface area contributed by atoms with Crippen molar-refractivity contribution in [1.29, 1.82) is 0 Å². The van der Waals surface area contributed by atoms with Crippen molar-refractivity contribution in [3.63, 3.8) is 0 Å². The van der Waals surface area contributed by atoms with E-state index in [1.807, 2.05) is 0 Å². The van der Waals surface area contributed by atoms with Gasteiger partial charge in [-0.3, -0.25) is 4.79 Å². The van der Waals surface area contributed by atoms with E-state index < -0.39 is 11.7 Å². The maximum atomic E-state index is 11.7. The van der Waals surface area contributed by atoms with Gasteiger partial charge in [0.1, 0.15) is 12.1 Å². The van der Waals surface area contributed by atoms with E-state index in [1.54, 1.807) is 25.7 Å². The Morgan fingerprint density at radius 1 is 1.47 bits per heavy atom. The lowest BCUT2D eigenvalue weighted by Gasteiger charge is -2.23. The number of rotatable bonds is 2. The SMILES string of the molecule is [CH2][C@H]1CCCN1C(=O)CNC(=O)OC(C)(C)C. The lowest BCUT2D eigenvalue weighted by Crippen LogP contribution is -2.43. The third-order valence-corrected chi connectivity index (χ3v) is 2.48. The van der Waals surface area contributed by atoms with Crippen molar-refractivity contribution >= 4 is 12.0 Å². The average molecular weight is 241 g/mol. The molecule has 0 unspecified atom stereocenters. The van der Waals surface area contributed by atoms with E-state index in [0.29, 0.717) is 0 Å². The number of ether oxygens (including phenoxy) is 1. The van der Waals surface area contributed by atoms with Gasteiger partial charge in [-0.15, -0.1) is 0 Å². The fourth-order valence-electron chi connectivity index (χ4n) is 1.73. The number of hydrogen-bond donors (Lipinski definition) is 1. The number of likely N-dealkylation sites (tertiary alicyclic amines) is 1. The molecule has 1 N–H and O–H groups in total. The molecule has 2 amide bonds. The number of alkyl carbamates (subject to hydrolysis) is 1. The number of amides is 2. The molecule has 1 aliphatic heterocycles. The van der Waals surface area contributed by atoms with Gasteiger partial charge >= 0.3 is 6.09 Å². The monoisotopic (exact) mass is 241 g/mol. The van der Waals surface area contributed by atoms with Crippen molar-refractivity contribution in [2.45, 2.75) is 45.3 Å². The van der Waals surface area contributed by atoms with Crippen LogP contribution >= 0.6 is 0 Å². The largest absolute Gasteiger partial charge is 0.444 e. The van der Waals surface area contributed by atoms with Crippen molar-refractivity contribution in [2.24, 2.45) is 0 Å². The number of carbonyl (C=O) groups is 2. The van der Waals surface area contributed by atoms with Gasteiger partial charge < -0.3 is 15.0 Å². The van der Waals surface area contributed by atoms with Crippen molar-refractivity contribution < 1.29 is 14.3 Å². The van der Waals surface area contributed by atoms with Crippen LogP contribution in [0.1, 0.15) is 33.6 Å². The molecular weight excluding hydrogens is 220 g/mol. The van der Waals surface area contributed by atoms with E-state index in [9.17, 15) is 9.59 Å². The van der Waals surface area contributed by atoms with E-state index in [-0.39, 0.29) is 18.5 Å². The summed E-state index contributed by atoms with van der Waals surface area (Å²) in [5.74, 6) is -0.103. The van der Waals surface area contributed by atoms with Crippen LogP contribution in [0.5, 0.6) is 0 Å². The first-order valence-electron chi connectivity index (χ1n) is 5.89. The molecule has 0 aromatic carbocycles. The molecule has 1 rings (SSSR count). The Hall–Kier alpha value is -1.26. The molecule has 17 heavy (non-hydrogen) atoms. The second kappa shape index (κ2) is 5.38. The molecule has 0 spiro atoms. The molecule has 1 aliphatic rings. The smallest absolute Gasteiger partial charge is 0.408 e. The van der Waals surface area contributed by atoms with Gasteiger partial charge in [-0.25, -0.2) is 4.79 Å². The molecule has 97 valence electrons. The van der Waals surface area contributed by atoms with Crippen molar-refractivity contribution in [3.05, 3.63) is 6.92 Å². The third kappa shape index (κ3) is 4.63. The van der Waals surface area contributed by atoms with E-state index in [4.69, 9.17) is 4.74 Å². The zero-order chi connectivity index (χ0) is 13.1. The average Bonchev–Trinajstić information content (AvgIpc) is 2.58. The maximum absolute atomic E-state index is 11.7. The first-order chi connectivity index (χ1) is 7.79. The lowest BCUT2D eigenvalue weighted by atomic mass is 10.2. The zero-order valence-electron chi connectivity index (χ0n) is 10.8. The van der Waals surface area contributed by atoms with Crippen LogP contribution in [0.25, 0.3) is 0 Å². The second-order valence-corrected chi connectivity index (χ2v) is 5.24. The third-order valence-electron chi connectivity index (χ3n) is 2.48. The Bertz CT molecular complexity index is 297. The molecule has 0 aromatic rings. The minimum absolute atomic E-state index is 0.0269. The van der Waals surface area contributed by atoms with Crippen LogP contribution in [0.2, 0.25) is 0 Å². The Labute approximate surface area is 102 Å². The normalized spacial score (nSPS) is 20.2. The number of hydrogen-bond acceptors (Lipinski definition) is 3. The zero-order valence-corrected chi connectivity index (χ0v) is 10.8. The summed E-state index contributed by atoms with van der Waals surface area (Å²) in [6.07, 6.45) is 1.34. The maximum Gasteiger partial charge on any atom is 0.408 e. The number of nitrogens with one attached hydrogen (secondary N) is 1. The highest BCUT2D eigenvalue weighted by Gasteiger charge is 2.25. The molecule has 1 saturated heterocycles. The molecule has 5 heteroatoms. The van der Waals surface area contributed by atoms with Crippen LogP contribution in [0.3, 0.4) is 0 Å². The second-order valence-electron chi connectivity index (χ2n) is 5.24. The summed E-state index contributed by atoms with van der Waals surface area (Å²) in [6.45, 7) is 9.92. The van der Waals surface area contributed by atoms with E-state index in [0.717, 1.165) is 19.4 Å². The van der Waals surface area contributed by atoms with Crippen LogP contribution in [-0.4, -0.2) is 41.6 Å². The summed E-state index contributed by atoms with van der Waals surface area (Å²) < 4.78 is 5.04. The van der Waals surface area contributed by atoms with E-state index in [1.165, 1.54) is 0 Å². The van der Waals surface area contributed by atoms with Gasteiger partial charge in [0.15, 0.2) is 0 Å². The minimum atomic E-state index is -0.564. The van der Waals surface area contributed by atoms with Gasteiger partial charge in [-0.05, 0) is 40.5 Å². The van der Waals surface area contributed by atoms with Crippen molar-refractivity contribution in [2.75, 3.05) is 13.1 Å². The highest BCUT2D eigenvalue weighted by molar-refractivity contribution is 5.82. The molecule has 0 aromatic heterocycles. The number of nitrogens with zero attached hydrogens (tertiary/aromatic N) is 1. The van der Waals surface area contributed by atoms with Gasteiger partial charge in [0.2, 0.25) is 5.91 Å². The Morgan fingerprint density at radius 3 is 2.59 bits per heavy atom. The summed E-state index contributed by atoms with van der Waals surface area (Å²) in [5, 5.41) is 2.46. The molecule has 1 fully saturated rings. The predicted octanol–water partition coefficient (Wildman–Crippen LogP) is 1.34. The van der Waals surface area contributed by atoms with Crippen molar-refractivity contribution in [3.8, 4) is 0 Å². The van der Waals surface area contributed by atoms with Crippen LogP contribution in [0, 0.1) is 6.92 Å². The van der Waals surface area contributed by atoms with Gasteiger partial charge in [0.25, 0.3) is 0 Å².